The maximum absolute atomic E-state index is 12.3. The van der Waals surface area contributed by atoms with Crippen LogP contribution in [-0.2, 0) is 4.79 Å². The lowest BCUT2D eigenvalue weighted by molar-refractivity contribution is -0.134. The number of nitrogens with two attached hydrogens (primary N) is 1. The minimum absolute atomic E-state index is 0.134. The van der Waals surface area contributed by atoms with Crippen molar-refractivity contribution in [1.29, 1.82) is 0 Å². The Morgan fingerprint density at radius 1 is 1.35 bits per heavy atom. The van der Waals surface area contributed by atoms with E-state index >= 15 is 0 Å². The normalized spacial score (nSPS) is 24.3. The molecule has 2 atom stereocenters. The second kappa shape index (κ2) is 5.85. The number of nitrogens with zero attached hydrogens (tertiary/aromatic N) is 1. The maximum Gasteiger partial charge on any atom is 0.240 e. The summed E-state index contributed by atoms with van der Waals surface area (Å²) in [6, 6.07) is -0.374. The molecule has 0 aromatic carbocycles. The number of carbonyl (C=O) groups is 1. The zero-order valence-corrected chi connectivity index (χ0v) is 11.8. The van der Waals surface area contributed by atoms with Gasteiger partial charge in [-0.05, 0) is 30.6 Å². The third-order valence-electron chi connectivity index (χ3n) is 3.94. The van der Waals surface area contributed by atoms with Gasteiger partial charge in [0.1, 0.15) is 0 Å². The standard InChI is InChI=1S/C14H28N2O/c1-5-11-7-6-9-16(10-8-11)13(17)12(15)14(2,3)4/h11-12H,5-10,15H2,1-4H3/t11?,12-/m1/s1. The first kappa shape index (κ1) is 14.5. The number of likely N-dealkylation sites (tertiary alicyclic amines) is 1. The Kier molecular flexibility index (Phi) is 4.99. The molecule has 2 N–H and O–H groups in total. The Hall–Kier alpha value is -0.570. The fraction of sp³-hybridized carbons (Fsp3) is 0.929. The minimum Gasteiger partial charge on any atom is -0.341 e. The Balaban J connectivity index is 2.58. The smallest absolute Gasteiger partial charge is 0.240 e. The monoisotopic (exact) mass is 240 g/mol. The molecule has 1 fully saturated rings. The summed E-state index contributed by atoms with van der Waals surface area (Å²) in [5.74, 6) is 0.924. The Morgan fingerprint density at radius 3 is 2.53 bits per heavy atom. The highest BCUT2D eigenvalue weighted by Crippen LogP contribution is 2.23. The molecule has 1 heterocycles. The molecular formula is C14H28N2O. The third kappa shape index (κ3) is 3.98. The molecule has 1 aliphatic rings. The van der Waals surface area contributed by atoms with E-state index in [1.807, 2.05) is 25.7 Å². The van der Waals surface area contributed by atoms with Crippen LogP contribution < -0.4 is 5.73 Å². The first-order valence-electron chi connectivity index (χ1n) is 6.90. The van der Waals surface area contributed by atoms with Crippen molar-refractivity contribution in [2.75, 3.05) is 13.1 Å². The van der Waals surface area contributed by atoms with E-state index in [0.717, 1.165) is 31.8 Å². The van der Waals surface area contributed by atoms with Crippen molar-refractivity contribution in [1.82, 2.24) is 4.90 Å². The summed E-state index contributed by atoms with van der Waals surface area (Å²) < 4.78 is 0. The van der Waals surface area contributed by atoms with E-state index in [9.17, 15) is 4.79 Å². The van der Waals surface area contributed by atoms with Crippen molar-refractivity contribution in [3.63, 3.8) is 0 Å². The molecule has 0 radical (unpaired) electrons. The molecule has 0 aromatic heterocycles. The second-order valence-electron chi connectivity index (χ2n) is 6.37. The Labute approximate surface area is 106 Å². The molecule has 1 unspecified atom stereocenters. The number of carbonyl (C=O) groups excluding carboxylic acids is 1. The van der Waals surface area contributed by atoms with Crippen molar-refractivity contribution in [2.24, 2.45) is 17.1 Å². The largest absolute Gasteiger partial charge is 0.341 e. The van der Waals surface area contributed by atoms with Gasteiger partial charge in [-0.25, -0.2) is 0 Å². The molecule has 0 saturated carbocycles. The van der Waals surface area contributed by atoms with E-state index in [4.69, 9.17) is 5.73 Å². The van der Waals surface area contributed by atoms with Gasteiger partial charge in [-0.1, -0.05) is 34.1 Å². The van der Waals surface area contributed by atoms with Crippen LogP contribution in [0.3, 0.4) is 0 Å². The van der Waals surface area contributed by atoms with Gasteiger partial charge in [-0.3, -0.25) is 4.79 Å². The molecule has 0 aliphatic carbocycles. The highest BCUT2D eigenvalue weighted by molar-refractivity contribution is 5.82. The molecule has 1 aliphatic heterocycles. The molecule has 3 heteroatoms. The molecule has 3 nitrogen and oxygen atoms in total. The first-order valence-corrected chi connectivity index (χ1v) is 6.90. The van der Waals surface area contributed by atoms with Crippen LogP contribution in [0.4, 0.5) is 0 Å². The lowest BCUT2D eigenvalue weighted by atomic mass is 9.86. The molecule has 1 saturated heterocycles. The quantitative estimate of drug-likeness (QED) is 0.805. The summed E-state index contributed by atoms with van der Waals surface area (Å²) in [4.78, 5) is 14.3. The third-order valence-corrected chi connectivity index (χ3v) is 3.94. The van der Waals surface area contributed by atoms with Crippen molar-refractivity contribution in [2.45, 2.75) is 59.4 Å². The summed E-state index contributed by atoms with van der Waals surface area (Å²) in [6.07, 6.45) is 4.75. The summed E-state index contributed by atoms with van der Waals surface area (Å²) in [7, 11) is 0. The number of hydrogen-bond acceptors (Lipinski definition) is 2. The van der Waals surface area contributed by atoms with Crippen LogP contribution in [0.5, 0.6) is 0 Å². The van der Waals surface area contributed by atoms with Crippen molar-refractivity contribution in [3.05, 3.63) is 0 Å². The number of hydrogen-bond donors (Lipinski definition) is 1. The molecule has 0 spiro atoms. The highest BCUT2D eigenvalue weighted by atomic mass is 16.2. The zero-order valence-electron chi connectivity index (χ0n) is 11.8. The average Bonchev–Trinajstić information content (AvgIpc) is 2.50. The summed E-state index contributed by atoms with van der Waals surface area (Å²) in [5, 5.41) is 0. The van der Waals surface area contributed by atoms with Gasteiger partial charge in [-0.2, -0.15) is 0 Å². The predicted octanol–water partition coefficient (Wildman–Crippen LogP) is 2.40. The van der Waals surface area contributed by atoms with E-state index in [1.54, 1.807) is 0 Å². The maximum atomic E-state index is 12.3. The SMILES string of the molecule is CCC1CCCN(C(=O)[C@@H](N)C(C)(C)C)CC1. The van der Waals surface area contributed by atoms with Gasteiger partial charge in [0.05, 0.1) is 6.04 Å². The topological polar surface area (TPSA) is 46.3 Å². The average molecular weight is 240 g/mol. The number of amides is 1. The zero-order chi connectivity index (χ0) is 13.1. The minimum atomic E-state index is -0.374. The molecule has 0 bridgehead atoms. The number of rotatable bonds is 2. The van der Waals surface area contributed by atoms with Crippen LogP contribution in [0, 0.1) is 11.3 Å². The van der Waals surface area contributed by atoms with E-state index in [1.165, 1.54) is 12.8 Å². The second-order valence-corrected chi connectivity index (χ2v) is 6.37. The van der Waals surface area contributed by atoms with Crippen LogP contribution >= 0.6 is 0 Å². The predicted molar refractivity (Wildman–Crippen MR) is 71.6 cm³/mol. The molecule has 0 aromatic rings. The highest BCUT2D eigenvalue weighted by Gasteiger charge is 2.31. The summed E-state index contributed by atoms with van der Waals surface area (Å²) in [6.45, 7) is 10.1. The van der Waals surface area contributed by atoms with Gasteiger partial charge < -0.3 is 10.6 Å². The van der Waals surface area contributed by atoms with Crippen LogP contribution in [0.1, 0.15) is 53.4 Å². The first-order chi connectivity index (χ1) is 7.86. The van der Waals surface area contributed by atoms with Crippen molar-refractivity contribution in [3.8, 4) is 0 Å². The fourth-order valence-corrected chi connectivity index (χ4v) is 2.36. The van der Waals surface area contributed by atoms with Crippen LogP contribution in [0.15, 0.2) is 0 Å². The fourth-order valence-electron chi connectivity index (χ4n) is 2.36. The lowest BCUT2D eigenvalue weighted by Gasteiger charge is -2.31. The van der Waals surface area contributed by atoms with E-state index in [-0.39, 0.29) is 17.4 Å². The summed E-state index contributed by atoms with van der Waals surface area (Å²) in [5.41, 5.74) is 5.91. The Morgan fingerprint density at radius 2 is 2.00 bits per heavy atom. The summed E-state index contributed by atoms with van der Waals surface area (Å²) >= 11 is 0. The lowest BCUT2D eigenvalue weighted by Crippen LogP contribution is -2.50. The molecule has 1 rings (SSSR count). The van der Waals surface area contributed by atoms with Gasteiger partial charge in [0, 0.05) is 13.1 Å². The van der Waals surface area contributed by atoms with Crippen LogP contribution in [0.25, 0.3) is 0 Å². The van der Waals surface area contributed by atoms with Gasteiger partial charge >= 0.3 is 0 Å². The van der Waals surface area contributed by atoms with Crippen LogP contribution in [-0.4, -0.2) is 29.9 Å². The molecule has 17 heavy (non-hydrogen) atoms. The van der Waals surface area contributed by atoms with Gasteiger partial charge in [0.15, 0.2) is 0 Å². The van der Waals surface area contributed by atoms with E-state index in [0.29, 0.717) is 0 Å². The van der Waals surface area contributed by atoms with E-state index in [2.05, 4.69) is 6.92 Å². The molecular weight excluding hydrogens is 212 g/mol. The molecule has 100 valence electrons. The van der Waals surface area contributed by atoms with Crippen LogP contribution in [0.2, 0.25) is 0 Å². The molecule has 1 amide bonds. The van der Waals surface area contributed by atoms with E-state index < -0.39 is 0 Å². The van der Waals surface area contributed by atoms with Crippen molar-refractivity contribution >= 4 is 5.91 Å². The van der Waals surface area contributed by atoms with Gasteiger partial charge in [0.2, 0.25) is 5.91 Å². The van der Waals surface area contributed by atoms with Gasteiger partial charge in [-0.15, -0.1) is 0 Å². The Bertz CT molecular complexity index is 257. The van der Waals surface area contributed by atoms with Crippen molar-refractivity contribution < 1.29 is 4.79 Å². The van der Waals surface area contributed by atoms with Gasteiger partial charge in [0.25, 0.3) is 0 Å².